The third-order valence-corrected chi connectivity index (χ3v) is 6.38. The summed E-state index contributed by atoms with van der Waals surface area (Å²) in [5.74, 6) is -3.31. The van der Waals surface area contributed by atoms with Gasteiger partial charge in [-0.1, -0.05) is 6.07 Å². The van der Waals surface area contributed by atoms with Gasteiger partial charge in [-0.15, -0.1) is 0 Å². The summed E-state index contributed by atoms with van der Waals surface area (Å²) < 4.78 is 31.7. The zero-order valence-corrected chi connectivity index (χ0v) is 19.7. The fraction of sp³-hybridized carbons (Fsp3) is 0.400. The van der Waals surface area contributed by atoms with Crippen LogP contribution < -0.4 is 0 Å². The fourth-order valence-electron chi connectivity index (χ4n) is 4.40. The van der Waals surface area contributed by atoms with Gasteiger partial charge in [0, 0.05) is 42.8 Å². The molecule has 5 heterocycles. The monoisotopic (exact) mass is 463 g/mol. The highest BCUT2D eigenvalue weighted by Crippen LogP contribution is 2.41. The second-order valence-electron chi connectivity index (χ2n) is 9.83. The molecule has 1 saturated heterocycles. The fourth-order valence-corrected chi connectivity index (χ4v) is 4.40. The molecule has 0 aromatic carbocycles. The molecule has 1 aliphatic rings. The number of alkyl halides is 2. The predicted molar refractivity (Wildman–Crippen MR) is 126 cm³/mol. The Bertz CT molecular complexity index is 1340. The number of nitrogens with zero attached hydrogens (tertiary/aromatic N) is 7. The Kier molecular flexibility index (Phi) is 5.39. The van der Waals surface area contributed by atoms with Crippen molar-refractivity contribution < 1.29 is 8.78 Å². The van der Waals surface area contributed by atoms with Crippen molar-refractivity contribution in [3.05, 3.63) is 60.4 Å². The van der Waals surface area contributed by atoms with Gasteiger partial charge in [-0.3, -0.25) is 14.9 Å². The number of aryl methyl sites for hydroxylation is 1. The van der Waals surface area contributed by atoms with Crippen LogP contribution in [0.1, 0.15) is 44.5 Å². The molecule has 0 N–H and O–H groups in total. The Morgan fingerprint density at radius 2 is 1.85 bits per heavy atom. The lowest BCUT2D eigenvalue weighted by Crippen LogP contribution is -2.52. The molecule has 0 radical (unpaired) electrons. The molecule has 1 atom stereocenters. The van der Waals surface area contributed by atoms with E-state index in [2.05, 4.69) is 50.7 Å². The molecule has 1 unspecified atom stereocenters. The number of rotatable bonds is 3. The molecular formula is C25H27F2N7. The first kappa shape index (κ1) is 22.5. The van der Waals surface area contributed by atoms with Crippen LogP contribution in [0, 0.1) is 6.92 Å². The van der Waals surface area contributed by atoms with E-state index in [1.807, 2.05) is 13.0 Å². The van der Waals surface area contributed by atoms with E-state index in [4.69, 9.17) is 0 Å². The molecule has 1 fully saturated rings. The average molecular weight is 464 g/mol. The van der Waals surface area contributed by atoms with Crippen molar-refractivity contribution in [3.8, 4) is 17.2 Å². The second-order valence-corrected chi connectivity index (χ2v) is 9.83. The normalized spacial score (nSPS) is 18.9. The lowest BCUT2D eigenvalue weighted by atomic mass is 9.87. The maximum atomic E-state index is 15.0. The maximum Gasteiger partial charge on any atom is 0.258 e. The van der Waals surface area contributed by atoms with Gasteiger partial charge in [0.05, 0.1) is 40.9 Å². The van der Waals surface area contributed by atoms with Gasteiger partial charge in [0.2, 0.25) is 0 Å². The number of halogens is 2. The lowest BCUT2D eigenvalue weighted by Gasteiger charge is -2.44. The van der Waals surface area contributed by atoms with Crippen LogP contribution in [0.25, 0.3) is 28.1 Å². The van der Waals surface area contributed by atoms with Gasteiger partial charge >= 0.3 is 0 Å². The number of likely N-dealkylation sites (tertiary alicyclic amines) is 1. The molecule has 0 aliphatic carbocycles. The number of fused-ring (bicyclic) bond motifs is 1. The Labute approximate surface area is 196 Å². The molecule has 0 spiro atoms. The molecule has 0 saturated carbocycles. The van der Waals surface area contributed by atoms with E-state index in [1.54, 1.807) is 47.7 Å². The molecule has 176 valence electrons. The highest BCUT2D eigenvalue weighted by molar-refractivity contribution is 5.82. The van der Waals surface area contributed by atoms with Crippen LogP contribution >= 0.6 is 0 Å². The van der Waals surface area contributed by atoms with E-state index in [9.17, 15) is 0 Å². The molecule has 0 amide bonds. The molecule has 4 aromatic rings. The van der Waals surface area contributed by atoms with E-state index >= 15 is 8.78 Å². The van der Waals surface area contributed by atoms with Crippen LogP contribution in [-0.2, 0) is 0 Å². The van der Waals surface area contributed by atoms with Crippen molar-refractivity contribution in [2.24, 2.45) is 0 Å². The van der Waals surface area contributed by atoms with Crippen LogP contribution in [0.15, 0.2) is 49.1 Å². The molecule has 7 nitrogen and oxygen atoms in total. The summed E-state index contributed by atoms with van der Waals surface area (Å²) >= 11 is 0. The van der Waals surface area contributed by atoms with Crippen molar-refractivity contribution >= 4 is 10.9 Å². The largest absolute Gasteiger partial charge is 0.297 e. The average Bonchev–Trinajstić information content (AvgIpc) is 3.21. The zero-order valence-electron chi connectivity index (χ0n) is 19.7. The minimum atomic E-state index is -2.82. The van der Waals surface area contributed by atoms with Crippen molar-refractivity contribution in [3.63, 3.8) is 0 Å². The quantitative estimate of drug-likeness (QED) is 0.434. The van der Waals surface area contributed by atoms with Gasteiger partial charge in [0.15, 0.2) is 5.82 Å². The molecule has 0 bridgehead atoms. The summed E-state index contributed by atoms with van der Waals surface area (Å²) in [5, 5.41) is 5.29. The summed E-state index contributed by atoms with van der Waals surface area (Å²) in [6.07, 6.45) is 6.58. The molecule has 4 aromatic heterocycles. The van der Waals surface area contributed by atoms with E-state index in [-0.39, 0.29) is 18.5 Å². The summed E-state index contributed by atoms with van der Waals surface area (Å²) in [5.41, 5.74) is 3.05. The molecule has 1 aliphatic heterocycles. The van der Waals surface area contributed by atoms with Crippen LogP contribution in [0.5, 0.6) is 0 Å². The zero-order chi connectivity index (χ0) is 24.1. The number of hydrogen-bond acceptors (Lipinski definition) is 6. The highest BCUT2D eigenvalue weighted by atomic mass is 19.3. The van der Waals surface area contributed by atoms with Crippen LogP contribution in [-0.4, -0.2) is 59.2 Å². The van der Waals surface area contributed by atoms with Gasteiger partial charge in [0.25, 0.3) is 5.92 Å². The number of hydrogen-bond donors (Lipinski definition) is 0. The lowest BCUT2D eigenvalue weighted by molar-refractivity contribution is -0.0918. The second kappa shape index (κ2) is 8.16. The minimum absolute atomic E-state index is 0.182. The Hall–Kier alpha value is -3.33. The topological polar surface area (TPSA) is 72.6 Å². The van der Waals surface area contributed by atoms with Crippen molar-refractivity contribution in [1.29, 1.82) is 0 Å². The number of aromatic nitrogens is 6. The molecule has 34 heavy (non-hydrogen) atoms. The molecular weight excluding hydrogens is 436 g/mol. The van der Waals surface area contributed by atoms with Crippen LogP contribution in [0.3, 0.4) is 0 Å². The SMILES string of the molecule is Cc1cncc(-c2cc3c(cn2)cnn3-c2cccc(C3CN(C(C)(C)C)CCC3(F)F)n2)n1. The predicted octanol–water partition coefficient (Wildman–Crippen LogP) is 4.80. The summed E-state index contributed by atoms with van der Waals surface area (Å²) in [7, 11) is 0. The van der Waals surface area contributed by atoms with Crippen LogP contribution in [0.4, 0.5) is 8.78 Å². The molecule has 5 rings (SSSR count). The first-order chi connectivity index (χ1) is 16.1. The smallest absolute Gasteiger partial charge is 0.258 e. The van der Waals surface area contributed by atoms with Crippen LogP contribution in [0.2, 0.25) is 0 Å². The maximum absolute atomic E-state index is 15.0. The van der Waals surface area contributed by atoms with E-state index in [1.165, 1.54) is 0 Å². The first-order valence-corrected chi connectivity index (χ1v) is 11.3. The van der Waals surface area contributed by atoms with Gasteiger partial charge in [-0.25, -0.2) is 23.4 Å². The summed E-state index contributed by atoms with van der Waals surface area (Å²) in [4.78, 5) is 19.9. The summed E-state index contributed by atoms with van der Waals surface area (Å²) in [6, 6.07) is 7.11. The number of piperidine rings is 1. The minimum Gasteiger partial charge on any atom is -0.297 e. The van der Waals surface area contributed by atoms with Gasteiger partial charge in [-0.05, 0) is 45.9 Å². The standard InChI is InChI=1S/C25H27F2N7/c1-16-11-28-14-21(31-16)20-10-22-17(12-29-20)13-30-34(22)23-7-5-6-19(32-23)18-15-33(24(2,3)4)9-8-25(18,26)27/h5-7,10-14,18H,8-9,15H2,1-4H3. The van der Waals surface area contributed by atoms with Crippen molar-refractivity contribution in [1.82, 2.24) is 34.6 Å². The summed E-state index contributed by atoms with van der Waals surface area (Å²) in [6.45, 7) is 8.66. The Balaban J connectivity index is 1.54. The van der Waals surface area contributed by atoms with E-state index in [0.717, 1.165) is 16.6 Å². The first-order valence-electron chi connectivity index (χ1n) is 11.3. The van der Waals surface area contributed by atoms with Crippen molar-refractivity contribution in [2.75, 3.05) is 13.1 Å². The Morgan fingerprint density at radius 3 is 2.62 bits per heavy atom. The van der Waals surface area contributed by atoms with Crippen molar-refractivity contribution in [2.45, 2.75) is 51.5 Å². The van der Waals surface area contributed by atoms with Gasteiger partial charge in [0.1, 0.15) is 5.69 Å². The van der Waals surface area contributed by atoms with Gasteiger partial charge < -0.3 is 0 Å². The Morgan fingerprint density at radius 1 is 1.03 bits per heavy atom. The van der Waals surface area contributed by atoms with Gasteiger partial charge in [-0.2, -0.15) is 5.10 Å². The highest BCUT2D eigenvalue weighted by Gasteiger charge is 2.47. The van der Waals surface area contributed by atoms with E-state index < -0.39 is 11.8 Å². The third-order valence-electron chi connectivity index (χ3n) is 6.38. The van der Waals surface area contributed by atoms with E-state index in [0.29, 0.717) is 29.4 Å². The molecule has 9 heteroatoms. The number of pyridine rings is 2. The third kappa shape index (κ3) is 4.16.